The third kappa shape index (κ3) is 3.14. The van der Waals surface area contributed by atoms with Gasteiger partial charge in [0.25, 0.3) is 0 Å². The maximum absolute atomic E-state index is 5.85. The number of halogens is 1. The summed E-state index contributed by atoms with van der Waals surface area (Å²) in [6.07, 6.45) is 4.35. The van der Waals surface area contributed by atoms with Crippen LogP contribution < -0.4 is 5.32 Å². The van der Waals surface area contributed by atoms with Gasteiger partial charge in [-0.25, -0.2) is 0 Å². The molecule has 3 heteroatoms. The summed E-state index contributed by atoms with van der Waals surface area (Å²) in [6.45, 7) is 3.76. The number of benzene rings is 1. The van der Waals surface area contributed by atoms with Gasteiger partial charge in [-0.2, -0.15) is 0 Å². The summed E-state index contributed by atoms with van der Waals surface area (Å²) < 4.78 is 5.41. The fourth-order valence-corrected chi connectivity index (χ4v) is 1.78. The lowest BCUT2D eigenvalue weighted by Crippen LogP contribution is -2.08. The first-order valence-electron chi connectivity index (χ1n) is 5.46. The van der Waals surface area contributed by atoms with Crippen LogP contribution in [0, 0.1) is 0 Å². The van der Waals surface area contributed by atoms with Crippen LogP contribution in [0.25, 0.3) is 0 Å². The molecule has 1 aromatic carbocycles. The Morgan fingerprint density at radius 2 is 2.06 bits per heavy atom. The lowest BCUT2D eigenvalue weighted by Gasteiger charge is -2.16. The van der Waals surface area contributed by atoms with Crippen LogP contribution in [0.4, 0.5) is 5.69 Å². The highest BCUT2D eigenvalue weighted by Crippen LogP contribution is 2.24. The van der Waals surface area contributed by atoms with Crippen LogP contribution in [-0.2, 0) is 0 Å². The number of hydrogen-bond donors (Lipinski definition) is 1. The van der Waals surface area contributed by atoms with Crippen LogP contribution in [-0.4, -0.2) is 0 Å². The zero-order chi connectivity index (χ0) is 12.1. The molecular formula is C14H14ClNO. The molecule has 0 amide bonds. The van der Waals surface area contributed by atoms with Crippen molar-refractivity contribution in [3.05, 3.63) is 66.1 Å². The second kappa shape index (κ2) is 5.60. The molecule has 2 aromatic rings. The van der Waals surface area contributed by atoms with E-state index in [-0.39, 0.29) is 6.04 Å². The van der Waals surface area contributed by atoms with Crippen molar-refractivity contribution in [3.8, 4) is 0 Å². The molecule has 0 saturated carbocycles. The standard InChI is InChI=1S/C14H14ClNO/c1-2-4-13(14-5-3-10-17-14)16-12-8-6-11(15)7-9-12/h2-3,5-10,13,16H,1,4H2. The number of hydrogen-bond acceptors (Lipinski definition) is 2. The van der Waals surface area contributed by atoms with Crippen LogP contribution in [0.1, 0.15) is 18.2 Å². The largest absolute Gasteiger partial charge is 0.467 e. The minimum Gasteiger partial charge on any atom is -0.467 e. The highest BCUT2D eigenvalue weighted by atomic mass is 35.5. The van der Waals surface area contributed by atoms with Gasteiger partial charge >= 0.3 is 0 Å². The van der Waals surface area contributed by atoms with Crippen molar-refractivity contribution in [2.24, 2.45) is 0 Å². The zero-order valence-corrected chi connectivity index (χ0v) is 10.2. The molecule has 1 unspecified atom stereocenters. The van der Waals surface area contributed by atoms with Gasteiger partial charge in [-0.15, -0.1) is 6.58 Å². The maximum atomic E-state index is 5.85. The van der Waals surface area contributed by atoms with Crippen LogP contribution in [0.15, 0.2) is 59.7 Å². The molecule has 1 heterocycles. The topological polar surface area (TPSA) is 25.2 Å². The molecule has 17 heavy (non-hydrogen) atoms. The van der Waals surface area contributed by atoms with E-state index in [4.69, 9.17) is 16.0 Å². The molecule has 0 fully saturated rings. The Morgan fingerprint density at radius 3 is 2.65 bits per heavy atom. The van der Waals surface area contributed by atoms with E-state index in [2.05, 4.69) is 11.9 Å². The maximum Gasteiger partial charge on any atom is 0.126 e. The smallest absolute Gasteiger partial charge is 0.126 e. The van der Waals surface area contributed by atoms with Gasteiger partial charge in [0.2, 0.25) is 0 Å². The monoisotopic (exact) mass is 247 g/mol. The minimum absolute atomic E-state index is 0.101. The first-order valence-corrected chi connectivity index (χ1v) is 5.84. The molecule has 2 rings (SSSR count). The predicted molar refractivity (Wildman–Crippen MR) is 71.3 cm³/mol. The summed E-state index contributed by atoms with van der Waals surface area (Å²) in [6, 6.07) is 11.5. The Morgan fingerprint density at radius 1 is 1.29 bits per heavy atom. The van der Waals surface area contributed by atoms with Crippen molar-refractivity contribution in [1.29, 1.82) is 0 Å². The quantitative estimate of drug-likeness (QED) is 0.778. The van der Waals surface area contributed by atoms with Gasteiger partial charge in [0.15, 0.2) is 0 Å². The van der Waals surface area contributed by atoms with Gasteiger partial charge in [0.05, 0.1) is 12.3 Å². The molecule has 0 saturated heterocycles. The Balaban J connectivity index is 2.13. The molecular weight excluding hydrogens is 234 g/mol. The summed E-state index contributed by atoms with van der Waals surface area (Å²) >= 11 is 5.85. The number of nitrogens with one attached hydrogen (secondary N) is 1. The third-order valence-corrected chi connectivity index (χ3v) is 2.73. The first kappa shape index (κ1) is 11.8. The summed E-state index contributed by atoms with van der Waals surface area (Å²) in [7, 11) is 0. The van der Waals surface area contributed by atoms with Crippen molar-refractivity contribution >= 4 is 17.3 Å². The predicted octanol–water partition coefficient (Wildman–Crippen LogP) is 4.66. The fourth-order valence-electron chi connectivity index (χ4n) is 1.65. The summed E-state index contributed by atoms with van der Waals surface area (Å²) in [5.41, 5.74) is 1.01. The van der Waals surface area contributed by atoms with E-state index >= 15 is 0 Å². The number of rotatable bonds is 5. The van der Waals surface area contributed by atoms with Crippen LogP contribution >= 0.6 is 11.6 Å². The molecule has 0 spiro atoms. The van der Waals surface area contributed by atoms with Gasteiger partial charge < -0.3 is 9.73 Å². The first-order chi connectivity index (χ1) is 8.29. The molecule has 2 nitrogen and oxygen atoms in total. The molecule has 1 aromatic heterocycles. The number of furan rings is 1. The molecule has 0 radical (unpaired) electrons. The van der Waals surface area contributed by atoms with E-state index in [9.17, 15) is 0 Å². The molecule has 0 aliphatic carbocycles. The van der Waals surface area contributed by atoms with Gasteiger partial charge in [-0.05, 0) is 42.8 Å². The molecule has 0 bridgehead atoms. The normalized spacial score (nSPS) is 12.1. The Hall–Kier alpha value is -1.67. The second-order valence-electron chi connectivity index (χ2n) is 3.74. The average Bonchev–Trinajstić information content (AvgIpc) is 2.85. The molecule has 1 N–H and O–H groups in total. The van der Waals surface area contributed by atoms with E-state index in [0.717, 1.165) is 22.9 Å². The van der Waals surface area contributed by atoms with E-state index in [1.165, 1.54) is 0 Å². The molecule has 88 valence electrons. The highest BCUT2D eigenvalue weighted by Gasteiger charge is 2.12. The van der Waals surface area contributed by atoms with Crippen LogP contribution in [0.5, 0.6) is 0 Å². The van der Waals surface area contributed by atoms with Crippen molar-refractivity contribution < 1.29 is 4.42 Å². The van der Waals surface area contributed by atoms with E-state index in [0.29, 0.717) is 0 Å². The second-order valence-corrected chi connectivity index (χ2v) is 4.18. The zero-order valence-electron chi connectivity index (χ0n) is 9.40. The van der Waals surface area contributed by atoms with E-state index in [1.807, 2.05) is 42.5 Å². The lowest BCUT2D eigenvalue weighted by molar-refractivity contribution is 0.480. The van der Waals surface area contributed by atoms with Gasteiger partial charge in [0.1, 0.15) is 5.76 Å². The summed E-state index contributed by atoms with van der Waals surface area (Å²) in [5.74, 6) is 0.903. The van der Waals surface area contributed by atoms with Crippen molar-refractivity contribution in [2.45, 2.75) is 12.5 Å². The van der Waals surface area contributed by atoms with Gasteiger partial charge in [-0.1, -0.05) is 17.7 Å². The molecule has 1 atom stereocenters. The Bertz CT molecular complexity index is 461. The Labute approximate surface area is 106 Å². The average molecular weight is 248 g/mol. The van der Waals surface area contributed by atoms with Gasteiger partial charge in [-0.3, -0.25) is 0 Å². The van der Waals surface area contributed by atoms with Gasteiger partial charge in [0, 0.05) is 10.7 Å². The van der Waals surface area contributed by atoms with E-state index < -0.39 is 0 Å². The minimum atomic E-state index is 0.101. The van der Waals surface area contributed by atoms with Crippen LogP contribution in [0.3, 0.4) is 0 Å². The summed E-state index contributed by atoms with van der Waals surface area (Å²) in [4.78, 5) is 0. The SMILES string of the molecule is C=CCC(Nc1ccc(Cl)cc1)c1ccco1. The van der Waals surface area contributed by atoms with Crippen molar-refractivity contribution in [3.63, 3.8) is 0 Å². The third-order valence-electron chi connectivity index (χ3n) is 2.47. The van der Waals surface area contributed by atoms with Crippen LogP contribution in [0.2, 0.25) is 5.02 Å². The fraction of sp³-hybridized carbons (Fsp3) is 0.143. The molecule has 0 aliphatic rings. The van der Waals surface area contributed by atoms with Crippen molar-refractivity contribution in [2.75, 3.05) is 5.32 Å². The lowest BCUT2D eigenvalue weighted by atomic mass is 10.1. The van der Waals surface area contributed by atoms with Crippen molar-refractivity contribution in [1.82, 2.24) is 0 Å². The van der Waals surface area contributed by atoms with E-state index in [1.54, 1.807) is 6.26 Å². The highest BCUT2D eigenvalue weighted by molar-refractivity contribution is 6.30. The molecule has 0 aliphatic heterocycles. The summed E-state index contributed by atoms with van der Waals surface area (Å²) in [5, 5.41) is 4.12. The Kier molecular flexibility index (Phi) is 3.89. The number of anilines is 1.